The number of aromatic nitrogens is 1. The SMILES string of the molecule is COc1cc(CC(C)N)cc(OC)c1OCc1nccs1. The van der Waals surface area contributed by atoms with E-state index in [0.29, 0.717) is 23.9 Å². The number of methoxy groups -OCH3 is 2. The van der Waals surface area contributed by atoms with Crippen molar-refractivity contribution >= 4 is 11.3 Å². The first kappa shape index (κ1) is 15.6. The highest BCUT2D eigenvalue weighted by molar-refractivity contribution is 7.09. The molecule has 0 bridgehead atoms. The van der Waals surface area contributed by atoms with Crippen LogP contribution in [-0.2, 0) is 13.0 Å². The molecule has 2 aromatic rings. The molecule has 0 fully saturated rings. The van der Waals surface area contributed by atoms with Crippen LogP contribution >= 0.6 is 11.3 Å². The molecule has 0 spiro atoms. The van der Waals surface area contributed by atoms with Crippen LogP contribution < -0.4 is 19.9 Å². The van der Waals surface area contributed by atoms with Crippen LogP contribution in [0.1, 0.15) is 17.5 Å². The zero-order valence-electron chi connectivity index (χ0n) is 12.5. The second-order valence-electron chi connectivity index (χ2n) is 4.73. The highest BCUT2D eigenvalue weighted by Gasteiger charge is 2.15. The molecule has 6 heteroatoms. The van der Waals surface area contributed by atoms with E-state index >= 15 is 0 Å². The van der Waals surface area contributed by atoms with Crippen molar-refractivity contribution in [3.63, 3.8) is 0 Å². The number of rotatable bonds is 7. The molecule has 1 aromatic carbocycles. The van der Waals surface area contributed by atoms with E-state index < -0.39 is 0 Å². The Morgan fingerprint density at radius 1 is 1.24 bits per heavy atom. The van der Waals surface area contributed by atoms with Crippen molar-refractivity contribution in [3.05, 3.63) is 34.3 Å². The van der Waals surface area contributed by atoms with E-state index in [0.717, 1.165) is 17.0 Å². The van der Waals surface area contributed by atoms with Gasteiger partial charge in [-0.25, -0.2) is 4.98 Å². The van der Waals surface area contributed by atoms with Crippen LogP contribution in [-0.4, -0.2) is 25.2 Å². The van der Waals surface area contributed by atoms with E-state index in [2.05, 4.69) is 4.98 Å². The number of thiazole rings is 1. The number of hydrogen-bond donors (Lipinski definition) is 1. The Morgan fingerprint density at radius 3 is 2.38 bits per heavy atom. The van der Waals surface area contributed by atoms with Gasteiger partial charge in [0.1, 0.15) is 11.6 Å². The first-order valence-electron chi connectivity index (χ1n) is 6.65. The van der Waals surface area contributed by atoms with Gasteiger partial charge in [-0.15, -0.1) is 11.3 Å². The van der Waals surface area contributed by atoms with Crippen LogP contribution in [0.15, 0.2) is 23.7 Å². The molecular weight excluding hydrogens is 288 g/mol. The summed E-state index contributed by atoms with van der Waals surface area (Å²) in [6, 6.07) is 3.94. The number of nitrogens with zero attached hydrogens (tertiary/aromatic N) is 1. The smallest absolute Gasteiger partial charge is 0.203 e. The lowest BCUT2D eigenvalue weighted by atomic mass is 10.1. The van der Waals surface area contributed by atoms with Crippen molar-refractivity contribution in [1.29, 1.82) is 0 Å². The largest absolute Gasteiger partial charge is 0.493 e. The van der Waals surface area contributed by atoms with Gasteiger partial charge in [0, 0.05) is 17.6 Å². The van der Waals surface area contributed by atoms with Crippen molar-refractivity contribution in [2.24, 2.45) is 5.73 Å². The molecule has 114 valence electrons. The standard InChI is InChI=1S/C15H20N2O3S/c1-10(16)6-11-7-12(18-2)15(13(8-11)19-3)20-9-14-17-4-5-21-14/h4-5,7-8,10H,6,9,16H2,1-3H3. The summed E-state index contributed by atoms with van der Waals surface area (Å²) >= 11 is 1.55. The number of benzene rings is 1. The molecule has 0 aliphatic heterocycles. The third kappa shape index (κ3) is 4.09. The Bertz CT molecular complexity index is 545. The fourth-order valence-corrected chi connectivity index (χ4v) is 2.55. The quantitative estimate of drug-likeness (QED) is 0.851. The van der Waals surface area contributed by atoms with E-state index in [1.165, 1.54) is 0 Å². The summed E-state index contributed by atoms with van der Waals surface area (Å²) in [5.41, 5.74) is 6.90. The third-order valence-corrected chi connectivity index (χ3v) is 3.65. The van der Waals surface area contributed by atoms with Crippen molar-refractivity contribution in [1.82, 2.24) is 4.98 Å². The lowest BCUT2D eigenvalue weighted by molar-refractivity contribution is 0.265. The van der Waals surface area contributed by atoms with Crippen LogP contribution in [0.3, 0.4) is 0 Å². The van der Waals surface area contributed by atoms with Gasteiger partial charge in [0.15, 0.2) is 11.5 Å². The fourth-order valence-electron chi connectivity index (χ4n) is 2.02. The molecule has 1 aromatic heterocycles. The predicted molar refractivity (Wildman–Crippen MR) is 83.3 cm³/mol. The lowest BCUT2D eigenvalue weighted by Gasteiger charge is -2.16. The minimum atomic E-state index is 0.0708. The topological polar surface area (TPSA) is 66.6 Å². The maximum absolute atomic E-state index is 5.85. The van der Waals surface area contributed by atoms with Gasteiger partial charge >= 0.3 is 0 Å². The second-order valence-corrected chi connectivity index (χ2v) is 5.70. The Kier molecular flexibility index (Phi) is 5.41. The van der Waals surface area contributed by atoms with Gasteiger partial charge in [-0.05, 0) is 31.0 Å². The number of ether oxygens (including phenoxy) is 3. The molecule has 21 heavy (non-hydrogen) atoms. The van der Waals surface area contributed by atoms with Crippen molar-refractivity contribution in [3.8, 4) is 17.2 Å². The maximum atomic E-state index is 5.85. The predicted octanol–water partition coefficient (Wildman–Crippen LogP) is 2.63. The van der Waals surface area contributed by atoms with Gasteiger partial charge in [-0.1, -0.05) is 0 Å². The Morgan fingerprint density at radius 2 is 1.90 bits per heavy atom. The molecule has 2 N–H and O–H groups in total. The first-order chi connectivity index (χ1) is 10.1. The highest BCUT2D eigenvalue weighted by Crippen LogP contribution is 2.39. The normalized spacial score (nSPS) is 12.0. The zero-order chi connectivity index (χ0) is 15.2. The van der Waals surface area contributed by atoms with E-state index in [-0.39, 0.29) is 6.04 Å². The lowest BCUT2D eigenvalue weighted by Crippen LogP contribution is -2.17. The fraction of sp³-hybridized carbons (Fsp3) is 0.400. The summed E-state index contributed by atoms with van der Waals surface area (Å²) in [7, 11) is 3.22. The Labute approximate surface area is 128 Å². The Balaban J connectivity index is 2.25. The van der Waals surface area contributed by atoms with Gasteiger partial charge in [-0.2, -0.15) is 0 Å². The Hall–Kier alpha value is -1.79. The summed E-state index contributed by atoms with van der Waals surface area (Å²) in [5, 5.41) is 2.82. The monoisotopic (exact) mass is 308 g/mol. The van der Waals surface area contributed by atoms with Crippen molar-refractivity contribution < 1.29 is 14.2 Å². The summed E-state index contributed by atoms with van der Waals surface area (Å²) in [5.74, 6) is 1.87. The molecule has 1 atom stereocenters. The van der Waals surface area contributed by atoms with Crippen LogP contribution in [0.25, 0.3) is 0 Å². The third-order valence-electron chi connectivity index (χ3n) is 2.90. The molecule has 0 saturated carbocycles. The minimum Gasteiger partial charge on any atom is -0.493 e. The van der Waals surface area contributed by atoms with Gasteiger partial charge in [0.05, 0.1) is 14.2 Å². The van der Waals surface area contributed by atoms with Crippen LogP contribution in [0, 0.1) is 0 Å². The van der Waals surface area contributed by atoms with Gasteiger partial charge < -0.3 is 19.9 Å². The molecule has 2 rings (SSSR count). The van der Waals surface area contributed by atoms with Crippen LogP contribution in [0.5, 0.6) is 17.2 Å². The molecule has 0 aliphatic rings. The highest BCUT2D eigenvalue weighted by atomic mass is 32.1. The zero-order valence-corrected chi connectivity index (χ0v) is 13.3. The van der Waals surface area contributed by atoms with E-state index in [4.69, 9.17) is 19.9 Å². The summed E-state index contributed by atoms with van der Waals surface area (Å²) in [6.45, 7) is 2.35. The average molecular weight is 308 g/mol. The molecular formula is C15H20N2O3S. The van der Waals surface area contributed by atoms with Gasteiger partial charge in [0.25, 0.3) is 0 Å². The number of hydrogen-bond acceptors (Lipinski definition) is 6. The molecule has 0 aliphatic carbocycles. The van der Waals surface area contributed by atoms with E-state index in [1.54, 1.807) is 31.8 Å². The molecule has 0 radical (unpaired) electrons. The summed E-state index contributed by atoms with van der Waals surface area (Å²) in [4.78, 5) is 4.19. The average Bonchev–Trinajstić information content (AvgIpc) is 2.97. The molecule has 5 nitrogen and oxygen atoms in total. The van der Waals surface area contributed by atoms with Crippen molar-refractivity contribution in [2.75, 3.05) is 14.2 Å². The van der Waals surface area contributed by atoms with E-state index in [9.17, 15) is 0 Å². The molecule has 0 saturated heterocycles. The van der Waals surface area contributed by atoms with Crippen LogP contribution in [0.2, 0.25) is 0 Å². The second kappa shape index (κ2) is 7.28. The van der Waals surface area contributed by atoms with Gasteiger partial charge in [-0.3, -0.25) is 0 Å². The maximum Gasteiger partial charge on any atom is 0.203 e. The van der Waals surface area contributed by atoms with Crippen molar-refractivity contribution in [2.45, 2.75) is 26.0 Å². The molecule has 0 amide bonds. The van der Waals surface area contributed by atoms with Crippen LogP contribution in [0.4, 0.5) is 0 Å². The van der Waals surface area contributed by atoms with E-state index in [1.807, 2.05) is 24.4 Å². The molecule has 1 heterocycles. The summed E-state index contributed by atoms with van der Waals surface area (Å²) in [6.07, 6.45) is 2.50. The summed E-state index contributed by atoms with van der Waals surface area (Å²) < 4.78 is 16.7. The molecule has 1 unspecified atom stereocenters. The minimum absolute atomic E-state index is 0.0708. The first-order valence-corrected chi connectivity index (χ1v) is 7.53. The number of nitrogens with two attached hydrogens (primary N) is 1. The van der Waals surface area contributed by atoms with Gasteiger partial charge in [0.2, 0.25) is 5.75 Å².